The van der Waals surface area contributed by atoms with Crippen molar-refractivity contribution in [2.45, 2.75) is 50.8 Å². The van der Waals surface area contributed by atoms with Crippen LogP contribution in [0.1, 0.15) is 46.0 Å². The maximum atomic E-state index is 11.9. The van der Waals surface area contributed by atoms with Crippen molar-refractivity contribution in [2.24, 2.45) is 5.92 Å². The maximum absolute atomic E-state index is 11.9. The quantitative estimate of drug-likeness (QED) is 0.688. The number of sulfonamides is 1. The topological polar surface area (TPSA) is 66.4 Å². The molecule has 0 fully saturated rings. The molecule has 1 rings (SSSR count). The Morgan fingerprint density at radius 2 is 1.65 bits per heavy atom. The Hall–Kier alpha value is -1.07. The molecule has 0 bridgehead atoms. The highest BCUT2D eigenvalue weighted by Gasteiger charge is 2.12. The lowest BCUT2D eigenvalue weighted by Gasteiger charge is -2.07. The van der Waals surface area contributed by atoms with Crippen molar-refractivity contribution >= 4 is 10.0 Å². The van der Waals surface area contributed by atoms with E-state index in [-0.39, 0.29) is 10.6 Å². The van der Waals surface area contributed by atoms with Crippen LogP contribution in [-0.2, 0) is 10.0 Å². The highest BCUT2D eigenvalue weighted by Crippen LogP contribution is 2.14. The van der Waals surface area contributed by atoms with Gasteiger partial charge in [0.25, 0.3) is 0 Å². The van der Waals surface area contributed by atoms with E-state index in [1.807, 2.05) is 0 Å². The molecule has 4 nitrogen and oxygen atoms in total. The Labute approximate surface area is 122 Å². The van der Waals surface area contributed by atoms with E-state index in [4.69, 9.17) is 5.11 Å². The van der Waals surface area contributed by atoms with Crippen LogP contribution in [0.25, 0.3) is 0 Å². The monoisotopic (exact) mass is 299 g/mol. The van der Waals surface area contributed by atoms with Crippen molar-refractivity contribution < 1.29 is 13.5 Å². The average Bonchev–Trinajstić information content (AvgIpc) is 2.37. The predicted octanol–water partition coefficient (Wildman–Crippen LogP) is 3.28. The van der Waals surface area contributed by atoms with E-state index < -0.39 is 10.0 Å². The number of hydrogen-bond donors (Lipinski definition) is 2. The van der Waals surface area contributed by atoms with E-state index in [0.717, 1.165) is 25.2 Å². The molecule has 0 radical (unpaired) electrons. The van der Waals surface area contributed by atoms with Gasteiger partial charge in [-0.3, -0.25) is 0 Å². The summed E-state index contributed by atoms with van der Waals surface area (Å²) < 4.78 is 26.4. The van der Waals surface area contributed by atoms with Crippen molar-refractivity contribution in [3.05, 3.63) is 24.3 Å². The molecule has 114 valence electrons. The van der Waals surface area contributed by atoms with E-state index >= 15 is 0 Å². The first kappa shape index (κ1) is 17.0. The van der Waals surface area contributed by atoms with Crippen LogP contribution in [0.15, 0.2) is 29.2 Å². The second-order valence-corrected chi connectivity index (χ2v) is 7.26. The second-order valence-electron chi connectivity index (χ2n) is 5.49. The molecule has 0 aliphatic rings. The molecule has 0 amide bonds. The number of aromatic hydroxyl groups is 1. The lowest BCUT2D eigenvalue weighted by molar-refractivity contribution is 0.474. The van der Waals surface area contributed by atoms with Gasteiger partial charge in [0.15, 0.2) is 0 Å². The zero-order valence-electron chi connectivity index (χ0n) is 12.3. The number of rotatable bonds is 9. The van der Waals surface area contributed by atoms with Gasteiger partial charge in [0.05, 0.1) is 4.90 Å². The lowest BCUT2D eigenvalue weighted by atomic mass is 10.0. The Morgan fingerprint density at radius 1 is 1.05 bits per heavy atom. The van der Waals surface area contributed by atoms with Crippen molar-refractivity contribution in [3.8, 4) is 5.75 Å². The van der Waals surface area contributed by atoms with E-state index in [2.05, 4.69) is 18.6 Å². The summed E-state index contributed by atoms with van der Waals surface area (Å²) in [6.45, 7) is 4.89. The van der Waals surface area contributed by atoms with Gasteiger partial charge in [-0.25, -0.2) is 13.1 Å². The molecule has 1 aromatic rings. The number of phenols is 1. The zero-order chi connectivity index (χ0) is 15.0. The number of unbranched alkanes of at least 4 members (excludes halogenated alkanes) is 3. The fourth-order valence-corrected chi connectivity index (χ4v) is 3.02. The molecule has 0 unspecified atom stereocenters. The third-order valence-corrected chi connectivity index (χ3v) is 4.62. The van der Waals surface area contributed by atoms with Gasteiger partial charge >= 0.3 is 0 Å². The van der Waals surface area contributed by atoms with Crippen LogP contribution >= 0.6 is 0 Å². The van der Waals surface area contributed by atoms with Crippen molar-refractivity contribution in [1.29, 1.82) is 0 Å². The summed E-state index contributed by atoms with van der Waals surface area (Å²) in [5.41, 5.74) is 0. The molecule has 0 aliphatic carbocycles. The van der Waals surface area contributed by atoms with Gasteiger partial charge in [-0.15, -0.1) is 0 Å². The molecule has 0 saturated carbocycles. The van der Waals surface area contributed by atoms with Gasteiger partial charge in [-0.05, 0) is 36.6 Å². The second kappa shape index (κ2) is 8.27. The first-order valence-corrected chi connectivity index (χ1v) is 8.69. The minimum atomic E-state index is -3.44. The Bertz CT molecular complexity index is 480. The predicted molar refractivity (Wildman–Crippen MR) is 81.2 cm³/mol. The van der Waals surface area contributed by atoms with Gasteiger partial charge in [-0.2, -0.15) is 0 Å². The summed E-state index contributed by atoms with van der Waals surface area (Å²) in [6.07, 6.45) is 5.50. The molecular formula is C15H25NO3S. The van der Waals surface area contributed by atoms with Gasteiger partial charge in [0, 0.05) is 6.54 Å². The van der Waals surface area contributed by atoms with Gasteiger partial charge in [0.2, 0.25) is 10.0 Å². The largest absolute Gasteiger partial charge is 0.508 e. The molecule has 0 heterocycles. The van der Waals surface area contributed by atoms with Crippen molar-refractivity contribution in [2.75, 3.05) is 6.54 Å². The van der Waals surface area contributed by atoms with Crippen molar-refractivity contribution in [1.82, 2.24) is 4.72 Å². The summed E-state index contributed by atoms with van der Waals surface area (Å²) in [7, 11) is -3.44. The molecule has 2 N–H and O–H groups in total. The summed E-state index contributed by atoms with van der Waals surface area (Å²) in [4.78, 5) is 0.190. The molecule has 5 heteroatoms. The van der Waals surface area contributed by atoms with E-state index in [1.54, 1.807) is 0 Å². The Morgan fingerprint density at radius 3 is 2.25 bits per heavy atom. The Kier molecular flexibility index (Phi) is 7.02. The smallest absolute Gasteiger partial charge is 0.240 e. The van der Waals surface area contributed by atoms with Crippen LogP contribution in [0.3, 0.4) is 0 Å². The van der Waals surface area contributed by atoms with Crippen molar-refractivity contribution in [3.63, 3.8) is 0 Å². The van der Waals surface area contributed by atoms with E-state index in [9.17, 15) is 8.42 Å². The fraction of sp³-hybridized carbons (Fsp3) is 0.600. The maximum Gasteiger partial charge on any atom is 0.240 e. The van der Waals surface area contributed by atoms with Crippen LogP contribution in [0.5, 0.6) is 5.75 Å². The SMILES string of the molecule is CC(C)CCCCCCNS(=O)(=O)c1ccc(O)cc1. The number of hydrogen-bond acceptors (Lipinski definition) is 3. The molecule has 0 saturated heterocycles. The number of phenolic OH excluding ortho intramolecular Hbond substituents is 1. The standard InChI is InChI=1S/C15H25NO3S/c1-13(2)7-5-3-4-6-12-16-20(18,19)15-10-8-14(17)9-11-15/h8-11,13,16-17H,3-7,12H2,1-2H3. The van der Waals surface area contributed by atoms with Crippen LogP contribution < -0.4 is 4.72 Å². The van der Waals surface area contributed by atoms with E-state index in [1.165, 1.54) is 37.1 Å². The minimum Gasteiger partial charge on any atom is -0.508 e. The molecule has 0 aromatic heterocycles. The molecule has 0 spiro atoms. The molecular weight excluding hydrogens is 274 g/mol. The van der Waals surface area contributed by atoms with Gasteiger partial charge in [-0.1, -0.05) is 39.5 Å². The molecule has 20 heavy (non-hydrogen) atoms. The van der Waals surface area contributed by atoms with Gasteiger partial charge in [0.1, 0.15) is 5.75 Å². The summed E-state index contributed by atoms with van der Waals surface area (Å²) in [5.74, 6) is 0.803. The Balaban J connectivity index is 2.25. The van der Waals surface area contributed by atoms with Crippen LogP contribution in [-0.4, -0.2) is 20.1 Å². The number of benzene rings is 1. The molecule has 0 aliphatic heterocycles. The lowest BCUT2D eigenvalue weighted by Crippen LogP contribution is -2.24. The van der Waals surface area contributed by atoms with Crippen LogP contribution in [0.2, 0.25) is 0 Å². The third-order valence-electron chi connectivity index (χ3n) is 3.15. The third kappa shape index (κ3) is 6.39. The minimum absolute atomic E-state index is 0.0640. The first-order chi connectivity index (χ1) is 9.42. The molecule has 1 aromatic carbocycles. The van der Waals surface area contributed by atoms with Crippen LogP contribution in [0, 0.1) is 5.92 Å². The highest BCUT2D eigenvalue weighted by atomic mass is 32.2. The highest BCUT2D eigenvalue weighted by molar-refractivity contribution is 7.89. The summed E-state index contributed by atoms with van der Waals surface area (Å²) in [6, 6.07) is 5.56. The normalized spacial score (nSPS) is 11.9. The first-order valence-electron chi connectivity index (χ1n) is 7.20. The van der Waals surface area contributed by atoms with Gasteiger partial charge < -0.3 is 5.11 Å². The number of nitrogens with one attached hydrogen (secondary N) is 1. The summed E-state index contributed by atoms with van der Waals surface area (Å²) in [5, 5.41) is 9.14. The average molecular weight is 299 g/mol. The molecule has 0 atom stereocenters. The van der Waals surface area contributed by atoms with Crippen LogP contribution in [0.4, 0.5) is 0 Å². The van der Waals surface area contributed by atoms with E-state index in [0.29, 0.717) is 6.54 Å². The fourth-order valence-electron chi connectivity index (χ4n) is 1.95. The summed E-state index contributed by atoms with van der Waals surface area (Å²) >= 11 is 0. The zero-order valence-corrected chi connectivity index (χ0v) is 13.1.